The van der Waals surface area contributed by atoms with Crippen LogP contribution in [0.25, 0.3) is 0 Å². The van der Waals surface area contributed by atoms with E-state index < -0.39 is 0 Å². The normalized spacial score (nSPS) is 19.4. The molecule has 2 atom stereocenters. The van der Waals surface area contributed by atoms with Gasteiger partial charge in [-0.05, 0) is 25.0 Å². The first kappa shape index (κ1) is 13.7. The fourth-order valence-corrected chi connectivity index (χ4v) is 1.83. The second kappa shape index (κ2) is 5.91. The quantitative estimate of drug-likeness (QED) is 0.471. The first-order chi connectivity index (χ1) is 8.56. The van der Waals surface area contributed by atoms with Crippen LogP contribution in [0.2, 0.25) is 10.0 Å². The molecule has 0 spiro atoms. The summed E-state index contributed by atoms with van der Waals surface area (Å²) in [6.07, 6.45) is 2.01. The zero-order valence-corrected chi connectivity index (χ0v) is 11.5. The molecule has 0 radical (unpaired) electrons. The highest BCUT2D eigenvalue weighted by Gasteiger charge is 2.25. The second-order valence-electron chi connectivity index (χ2n) is 4.43. The van der Waals surface area contributed by atoms with E-state index in [0.29, 0.717) is 21.9 Å². The molecular weight excluding hydrogens is 275 g/mol. The van der Waals surface area contributed by atoms with Gasteiger partial charge in [0.25, 0.3) is 0 Å². The van der Waals surface area contributed by atoms with Gasteiger partial charge >= 0.3 is 5.97 Å². The smallest absolute Gasteiger partial charge is 0.314 e. The van der Waals surface area contributed by atoms with E-state index in [4.69, 9.17) is 32.7 Å². The molecule has 5 heteroatoms. The van der Waals surface area contributed by atoms with Crippen LogP contribution >= 0.6 is 23.2 Å². The summed E-state index contributed by atoms with van der Waals surface area (Å²) >= 11 is 11.6. The molecule has 1 aliphatic heterocycles. The minimum atomic E-state index is -0.256. The summed E-state index contributed by atoms with van der Waals surface area (Å²) < 4.78 is 10.3. The molecule has 1 heterocycles. The number of hydrogen-bond donors (Lipinski definition) is 0. The van der Waals surface area contributed by atoms with Gasteiger partial charge in [-0.25, -0.2) is 0 Å². The highest BCUT2D eigenvalue weighted by atomic mass is 35.5. The molecule has 1 aromatic carbocycles. The summed E-state index contributed by atoms with van der Waals surface area (Å²) in [6.45, 7) is 2.66. The van der Waals surface area contributed by atoms with Gasteiger partial charge in [0, 0.05) is 6.07 Å². The van der Waals surface area contributed by atoms with Gasteiger partial charge in [-0.2, -0.15) is 0 Å². The van der Waals surface area contributed by atoms with Crippen molar-refractivity contribution < 1.29 is 14.3 Å². The van der Waals surface area contributed by atoms with Crippen LogP contribution < -0.4 is 4.74 Å². The highest BCUT2D eigenvalue weighted by Crippen LogP contribution is 2.27. The number of carbonyl (C=O) groups excluding carboxylic acids is 1. The van der Waals surface area contributed by atoms with Crippen molar-refractivity contribution in [3.05, 3.63) is 28.2 Å². The van der Waals surface area contributed by atoms with Crippen molar-refractivity contribution in [3.63, 3.8) is 0 Å². The zero-order valence-electron chi connectivity index (χ0n) is 9.99. The molecule has 0 amide bonds. The Morgan fingerprint density at radius 3 is 2.83 bits per heavy atom. The number of hydrogen-bond acceptors (Lipinski definition) is 3. The molecule has 1 aromatic rings. The summed E-state index contributed by atoms with van der Waals surface area (Å²) in [5.74, 6) is 0.0154. The van der Waals surface area contributed by atoms with Gasteiger partial charge in [-0.15, -0.1) is 0 Å². The Kier molecular flexibility index (Phi) is 4.49. The Hall–Kier alpha value is -0.770. The Labute approximate surface area is 116 Å². The van der Waals surface area contributed by atoms with E-state index in [1.54, 1.807) is 18.2 Å². The maximum absolute atomic E-state index is 11.8. The molecule has 0 bridgehead atoms. The SMILES string of the molecule is CC(CCC1CO1)C(=O)Oc1ccc(Cl)c(Cl)c1. The van der Waals surface area contributed by atoms with Crippen molar-refractivity contribution in [2.75, 3.05) is 6.61 Å². The number of halogens is 2. The molecule has 98 valence electrons. The van der Waals surface area contributed by atoms with Crippen molar-refractivity contribution in [1.82, 2.24) is 0 Å². The second-order valence-corrected chi connectivity index (χ2v) is 5.25. The number of carbonyl (C=O) groups is 1. The third-order valence-electron chi connectivity index (χ3n) is 2.84. The van der Waals surface area contributed by atoms with Crippen molar-refractivity contribution in [2.45, 2.75) is 25.9 Å². The predicted molar refractivity (Wildman–Crippen MR) is 70.2 cm³/mol. The molecule has 3 nitrogen and oxygen atoms in total. The molecule has 1 saturated heterocycles. The maximum Gasteiger partial charge on any atom is 0.314 e. The van der Waals surface area contributed by atoms with Gasteiger partial charge in [0.05, 0.1) is 28.7 Å². The Balaban J connectivity index is 1.86. The molecule has 0 aliphatic carbocycles. The lowest BCUT2D eigenvalue weighted by Gasteiger charge is -2.10. The van der Waals surface area contributed by atoms with Gasteiger partial charge in [-0.1, -0.05) is 30.1 Å². The van der Waals surface area contributed by atoms with Crippen LogP contribution in [0, 0.1) is 5.92 Å². The van der Waals surface area contributed by atoms with Gasteiger partial charge in [0.15, 0.2) is 0 Å². The van der Waals surface area contributed by atoms with Crippen LogP contribution in [-0.2, 0) is 9.53 Å². The zero-order chi connectivity index (χ0) is 13.1. The Morgan fingerprint density at radius 1 is 1.50 bits per heavy atom. The average Bonchev–Trinajstić information content (AvgIpc) is 3.14. The maximum atomic E-state index is 11.8. The van der Waals surface area contributed by atoms with Crippen LogP contribution in [0.4, 0.5) is 0 Å². The number of ether oxygens (including phenoxy) is 2. The summed E-state index contributed by atoms with van der Waals surface area (Å²) in [7, 11) is 0. The van der Waals surface area contributed by atoms with Gasteiger partial charge in [0.2, 0.25) is 0 Å². The fraction of sp³-hybridized carbons (Fsp3) is 0.462. The monoisotopic (exact) mass is 288 g/mol. The molecule has 2 rings (SSSR count). The minimum absolute atomic E-state index is 0.149. The van der Waals surface area contributed by atoms with Crippen molar-refractivity contribution in [1.29, 1.82) is 0 Å². The molecule has 1 aliphatic rings. The highest BCUT2D eigenvalue weighted by molar-refractivity contribution is 6.42. The lowest BCUT2D eigenvalue weighted by Crippen LogP contribution is -2.18. The van der Waals surface area contributed by atoms with Crippen LogP contribution in [-0.4, -0.2) is 18.7 Å². The average molecular weight is 289 g/mol. The number of epoxide rings is 1. The summed E-state index contributed by atoms with van der Waals surface area (Å²) in [5, 5.41) is 0.816. The van der Waals surface area contributed by atoms with E-state index in [9.17, 15) is 4.79 Å². The fourth-order valence-electron chi connectivity index (χ4n) is 1.55. The topological polar surface area (TPSA) is 38.8 Å². The van der Waals surface area contributed by atoms with E-state index in [1.165, 1.54) is 0 Å². The van der Waals surface area contributed by atoms with Crippen molar-refractivity contribution >= 4 is 29.2 Å². The third-order valence-corrected chi connectivity index (χ3v) is 3.57. The largest absolute Gasteiger partial charge is 0.426 e. The first-order valence-electron chi connectivity index (χ1n) is 5.84. The van der Waals surface area contributed by atoms with Crippen LogP contribution in [0.15, 0.2) is 18.2 Å². The minimum Gasteiger partial charge on any atom is -0.426 e. The lowest BCUT2D eigenvalue weighted by atomic mass is 10.0. The predicted octanol–water partition coefficient (Wildman–Crippen LogP) is 3.71. The van der Waals surface area contributed by atoms with E-state index in [0.717, 1.165) is 19.4 Å². The van der Waals surface area contributed by atoms with Crippen molar-refractivity contribution in [3.8, 4) is 5.75 Å². The lowest BCUT2D eigenvalue weighted by molar-refractivity contribution is -0.138. The molecule has 0 saturated carbocycles. The summed E-state index contributed by atoms with van der Waals surface area (Å²) in [4.78, 5) is 11.8. The summed E-state index contributed by atoms with van der Waals surface area (Å²) in [5.41, 5.74) is 0. The summed E-state index contributed by atoms with van der Waals surface area (Å²) in [6, 6.07) is 4.77. The molecule has 0 aromatic heterocycles. The van der Waals surface area contributed by atoms with Gasteiger partial charge in [-0.3, -0.25) is 4.79 Å². The van der Waals surface area contributed by atoms with E-state index >= 15 is 0 Å². The molecule has 2 unspecified atom stereocenters. The number of benzene rings is 1. The molecule has 18 heavy (non-hydrogen) atoms. The third kappa shape index (κ3) is 3.87. The Morgan fingerprint density at radius 2 is 2.22 bits per heavy atom. The van der Waals surface area contributed by atoms with Crippen LogP contribution in [0.5, 0.6) is 5.75 Å². The van der Waals surface area contributed by atoms with Gasteiger partial charge < -0.3 is 9.47 Å². The van der Waals surface area contributed by atoms with E-state index in [2.05, 4.69) is 0 Å². The van der Waals surface area contributed by atoms with Crippen molar-refractivity contribution in [2.24, 2.45) is 5.92 Å². The molecular formula is C13H14Cl2O3. The van der Waals surface area contributed by atoms with Gasteiger partial charge in [0.1, 0.15) is 5.75 Å². The van der Waals surface area contributed by atoms with E-state index in [-0.39, 0.29) is 11.9 Å². The number of rotatable bonds is 5. The first-order valence-corrected chi connectivity index (χ1v) is 6.60. The van der Waals surface area contributed by atoms with E-state index in [1.807, 2.05) is 6.92 Å². The van der Waals surface area contributed by atoms with Crippen LogP contribution in [0.1, 0.15) is 19.8 Å². The standard InChI is InChI=1S/C13H14Cl2O3/c1-8(2-3-10-7-17-10)13(16)18-9-4-5-11(14)12(15)6-9/h4-6,8,10H,2-3,7H2,1H3. The number of esters is 1. The van der Waals surface area contributed by atoms with Crippen LogP contribution in [0.3, 0.4) is 0 Å². The molecule has 1 fully saturated rings. The Bertz CT molecular complexity index is 444. The molecule has 0 N–H and O–H groups in total.